The number of sulfonamides is 1. The highest BCUT2D eigenvalue weighted by Gasteiger charge is 2.30. The molecule has 0 aromatic heterocycles. The first kappa shape index (κ1) is 18.4. The predicted molar refractivity (Wildman–Crippen MR) is 95.2 cm³/mol. The Balaban J connectivity index is 2.50. The number of anilines is 1. The molecule has 0 saturated heterocycles. The Morgan fingerprint density at radius 3 is 2.39 bits per heavy atom. The van der Waals surface area contributed by atoms with Crippen LogP contribution in [0.2, 0.25) is 0 Å². The van der Waals surface area contributed by atoms with Gasteiger partial charge in [0, 0.05) is 36.7 Å². The van der Waals surface area contributed by atoms with E-state index < -0.39 is 10.0 Å². The molecule has 0 unspecified atom stereocenters. The monoisotopic (exact) mass is 402 g/mol. The van der Waals surface area contributed by atoms with Gasteiger partial charge in [0.1, 0.15) is 0 Å². The predicted octanol–water partition coefficient (Wildman–Crippen LogP) is 3.17. The van der Waals surface area contributed by atoms with E-state index in [4.69, 9.17) is 0 Å². The topological polar surface area (TPSA) is 57.7 Å². The summed E-state index contributed by atoms with van der Waals surface area (Å²) in [6.45, 7) is 7.03. The van der Waals surface area contributed by atoms with E-state index in [1.54, 1.807) is 11.0 Å². The average Bonchev–Trinajstić information content (AvgIpc) is 2.88. The first-order valence-electron chi connectivity index (χ1n) is 7.93. The molecule has 0 saturated carbocycles. The van der Waals surface area contributed by atoms with Crippen molar-refractivity contribution in [3.63, 3.8) is 0 Å². The minimum atomic E-state index is -3.58. The molecule has 128 valence electrons. The average molecular weight is 403 g/mol. The van der Waals surface area contributed by atoms with Gasteiger partial charge in [0.15, 0.2) is 0 Å². The molecule has 1 aromatic rings. The van der Waals surface area contributed by atoms with Crippen LogP contribution in [0.25, 0.3) is 0 Å². The lowest BCUT2D eigenvalue weighted by Crippen LogP contribution is -2.33. The quantitative estimate of drug-likeness (QED) is 0.733. The Bertz CT molecular complexity index is 698. The van der Waals surface area contributed by atoms with Crippen LogP contribution in [0.15, 0.2) is 21.5 Å². The van der Waals surface area contributed by atoms with Crippen molar-refractivity contribution in [2.45, 2.75) is 44.9 Å². The van der Waals surface area contributed by atoms with E-state index in [-0.39, 0.29) is 10.8 Å². The molecular formula is C16H23BrN2O3S. The molecule has 1 aliphatic heterocycles. The van der Waals surface area contributed by atoms with E-state index in [9.17, 15) is 13.2 Å². The zero-order valence-electron chi connectivity index (χ0n) is 13.8. The van der Waals surface area contributed by atoms with Gasteiger partial charge < -0.3 is 4.90 Å². The number of fused-ring (bicyclic) bond motifs is 1. The van der Waals surface area contributed by atoms with Crippen molar-refractivity contribution in [3.8, 4) is 0 Å². The summed E-state index contributed by atoms with van der Waals surface area (Å²) in [5, 5.41) is 0. The Hall–Kier alpha value is -0.920. The highest BCUT2D eigenvalue weighted by atomic mass is 79.9. The number of nitrogens with zero attached hydrogens (tertiary/aromatic N) is 2. The minimum absolute atomic E-state index is 0.0617. The fraction of sp³-hybridized carbons (Fsp3) is 0.562. The van der Waals surface area contributed by atoms with Crippen LogP contribution in [-0.2, 0) is 21.2 Å². The number of benzene rings is 1. The first-order chi connectivity index (χ1) is 10.8. The number of amides is 1. The Morgan fingerprint density at radius 1 is 1.26 bits per heavy atom. The summed E-state index contributed by atoms with van der Waals surface area (Å²) in [6.07, 6.45) is 2.28. The van der Waals surface area contributed by atoms with Crippen molar-refractivity contribution in [1.82, 2.24) is 4.31 Å². The molecule has 0 bridgehead atoms. The van der Waals surface area contributed by atoms with Gasteiger partial charge >= 0.3 is 0 Å². The number of carbonyl (C=O) groups excluding carboxylic acids is 1. The summed E-state index contributed by atoms with van der Waals surface area (Å²) in [4.78, 5) is 13.6. The standard InChI is InChI=1S/C16H23BrN2O3S/c1-4-7-18(8-5-2)23(21,22)16-11-15-13(10-14(16)17)6-9-19(15)12(3)20/h10-11H,4-9H2,1-3H3. The molecule has 1 amide bonds. The molecule has 0 fully saturated rings. The van der Waals surface area contributed by atoms with Crippen LogP contribution in [-0.4, -0.2) is 38.3 Å². The molecule has 0 spiro atoms. The van der Waals surface area contributed by atoms with Crippen molar-refractivity contribution in [3.05, 3.63) is 22.2 Å². The van der Waals surface area contributed by atoms with Gasteiger partial charge in [-0.05, 0) is 52.9 Å². The molecule has 1 aliphatic rings. The molecule has 0 aliphatic carbocycles. The van der Waals surface area contributed by atoms with Gasteiger partial charge in [0.05, 0.1) is 4.90 Å². The Kier molecular flexibility index (Phi) is 5.86. The van der Waals surface area contributed by atoms with Crippen LogP contribution >= 0.6 is 15.9 Å². The van der Waals surface area contributed by atoms with Gasteiger partial charge in [-0.15, -0.1) is 0 Å². The third-order valence-electron chi connectivity index (χ3n) is 3.97. The van der Waals surface area contributed by atoms with Gasteiger partial charge in [-0.3, -0.25) is 4.79 Å². The van der Waals surface area contributed by atoms with Gasteiger partial charge in [0.25, 0.3) is 0 Å². The van der Waals surface area contributed by atoms with E-state index in [0.717, 1.165) is 24.8 Å². The summed E-state index contributed by atoms with van der Waals surface area (Å²) in [5.74, 6) is -0.0617. The Labute approximate surface area is 146 Å². The van der Waals surface area contributed by atoms with Crippen molar-refractivity contribution < 1.29 is 13.2 Å². The maximum absolute atomic E-state index is 13.0. The van der Waals surface area contributed by atoms with E-state index in [0.29, 0.717) is 29.8 Å². The first-order valence-corrected chi connectivity index (χ1v) is 10.2. The Morgan fingerprint density at radius 2 is 1.87 bits per heavy atom. The van der Waals surface area contributed by atoms with Crippen molar-refractivity contribution in [2.24, 2.45) is 0 Å². The normalized spacial score (nSPS) is 14.4. The third kappa shape index (κ3) is 3.61. The summed E-state index contributed by atoms with van der Waals surface area (Å²) in [7, 11) is -3.58. The fourth-order valence-electron chi connectivity index (χ4n) is 2.90. The minimum Gasteiger partial charge on any atom is -0.312 e. The molecule has 7 heteroatoms. The van der Waals surface area contributed by atoms with Crippen LogP contribution in [0.3, 0.4) is 0 Å². The van der Waals surface area contributed by atoms with Crippen LogP contribution in [0, 0.1) is 0 Å². The smallest absolute Gasteiger partial charge is 0.244 e. The highest BCUT2D eigenvalue weighted by Crippen LogP contribution is 2.36. The van der Waals surface area contributed by atoms with Gasteiger partial charge in [0.2, 0.25) is 15.9 Å². The van der Waals surface area contributed by atoms with Crippen LogP contribution in [0.1, 0.15) is 39.2 Å². The van der Waals surface area contributed by atoms with Crippen LogP contribution in [0.5, 0.6) is 0 Å². The van der Waals surface area contributed by atoms with E-state index >= 15 is 0 Å². The lowest BCUT2D eigenvalue weighted by molar-refractivity contribution is -0.116. The van der Waals surface area contributed by atoms with E-state index in [1.165, 1.54) is 11.2 Å². The van der Waals surface area contributed by atoms with Gasteiger partial charge in [-0.25, -0.2) is 8.42 Å². The third-order valence-corrected chi connectivity index (χ3v) is 6.83. The zero-order chi connectivity index (χ0) is 17.2. The molecular weight excluding hydrogens is 380 g/mol. The number of rotatable bonds is 6. The van der Waals surface area contributed by atoms with Crippen LogP contribution < -0.4 is 4.90 Å². The number of hydrogen-bond acceptors (Lipinski definition) is 3. The maximum Gasteiger partial charge on any atom is 0.244 e. The lowest BCUT2D eigenvalue weighted by atomic mass is 10.2. The summed E-state index contributed by atoms with van der Waals surface area (Å²) in [6, 6.07) is 3.47. The van der Waals surface area contributed by atoms with Crippen molar-refractivity contribution in [1.29, 1.82) is 0 Å². The molecule has 2 rings (SSSR count). The molecule has 0 atom stereocenters. The fourth-order valence-corrected chi connectivity index (χ4v) is 5.60. The number of carbonyl (C=O) groups is 1. The van der Waals surface area contributed by atoms with Gasteiger partial charge in [-0.1, -0.05) is 13.8 Å². The highest BCUT2D eigenvalue weighted by molar-refractivity contribution is 9.10. The SMILES string of the molecule is CCCN(CCC)S(=O)(=O)c1cc2c(cc1Br)CCN2C(C)=O. The second-order valence-electron chi connectivity index (χ2n) is 5.74. The summed E-state index contributed by atoms with van der Waals surface area (Å²) < 4.78 is 28.1. The molecule has 1 heterocycles. The molecule has 23 heavy (non-hydrogen) atoms. The number of halogens is 1. The molecule has 0 N–H and O–H groups in total. The second-order valence-corrected chi connectivity index (χ2v) is 8.50. The zero-order valence-corrected chi connectivity index (χ0v) is 16.2. The van der Waals surface area contributed by atoms with Crippen molar-refractivity contribution in [2.75, 3.05) is 24.5 Å². The number of hydrogen-bond donors (Lipinski definition) is 0. The summed E-state index contributed by atoms with van der Waals surface area (Å²) >= 11 is 3.40. The maximum atomic E-state index is 13.0. The van der Waals surface area contributed by atoms with E-state index in [2.05, 4.69) is 15.9 Å². The van der Waals surface area contributed by atoms with E-state index in [1.807, 2.05) is 19.9 Å². The van der Waals surface area contributed by atoms with Crippen LogP contribution in [0.4, 0.5) is 5.69 Å². The lowest BCUT2D eigenvalue weighted by Gasteiger charge is -2.23. The van der Waals surface area contributed by atoms with Gasteiger partial charge in [-0.2, -0.15) is 4.31 Å². The largest absolute Gasteiger partial charge is 0.312 e. The molecule has 1 aromatic carbocycles. The summed E-state index contributed by atoms with van der Waals surface area (Å²) in [5.41, 5.74) is 1.72. The molecule has 5 nitrogen and oxygen atoms in total. The molecule has 0 radical (unpaired) electrons. The van der Waals surface area contributed by atoms with Crippen molar-refractivity contribution >= 4 is 37.5 Å². The second kappa shape index (κ2) is 7.32.